The number of benzene rings is 1. The quantitative estimate of drug-likeness (QED) is 0.884. The fourth-order valence-corrected chi connectivity index (χ4v) is 2.04. The molecule has 1 aromatic heterocycles. The summed E-state index contributed by atoms with van der Waals surface area (Å²) in [6.45, 7) is 2.56. The zero-order valence-electron chi connectivity index (χ0n) is 11.6. The van der Waals surface area contributed by atoms with E-state index in [0.717, 1.165) is 29.8 Å². The van der Waals surface area contributed by atoms with Gasteiger partial charge in [-0.2, -0.15) is 0 Å². The predicted molar refractivity (Wildman–Crippen MR) is 82.0 cm³/mol. The Morgan fingerprint density at radius 2 is 2.15 bits per heavy atom. The Morgan fingerprint density at radius 1 is 1.30 bits per heavy atom. The first-order chi connectivity index (χ1) is 9.67. The summed E-state index contributed by atoms with van der Waals surface area (Å²) in [7, 11) is 0. The molecule has 2 N–H and O–H groups in total. The first kappa shape index (κ1) is 14.8. The molecule has 0 aliphatic rings. The minimum atomic E-state index is 0.167. The molecule has 1 aromatic carbocycles. The van der Waals surface area contributed by atoms with Crippen molar-refractivity contribution in [3.63, 3.8) is 0 Å². The molecule has 0 bridgehead atoms. The Kier molecular flexibility index (Phi) is 5.39. The van der Waals surface area contributed by atoms with Crippen molar-refractivity contribution in [3.8, 4) is 5.75 Å². The van der Waals surface area contributed by atoms with Gasteiger partial charge in [0.15, 0.2) is 0 Å². The van der Waals surface area contributed by atoms with Crippen molar-refractivity contribution in [2.24, 2.45) is 5.73 Å². The van der Waals surface area contributed by atoms with E-state index in [1.807, 2.05) is 36.4 Å². The lowest BCUT2D eigenvalue weighted by atomic mass is 10.1. The van der Waals surface area contributed by atoms with Crippen LogP contribution < -0.4 is 10.5 Å². The van der Waals surface area contributed by atoms with E-state index in [4.69, 9.17) is 22.1 Å². The average molecular weight is 291 g/mol. The Hall–Kier alpha value is -1.58. The van der Waals surface area contributed by atoms with Crippen molar-refractivity contribution < 1.29 is 4.74 Å². The maximum atomic E-state index is 5.93. The summed E-state index contributed by atoms with van der Waals surface area (Å²) in [5, 5.41) is 0.716. The summed E-state index contributed by atoms with van der Waals surface area (Å²) in [6.07, 6.45) is 3.49. The molecule has 0 aliphatic heterocycles. The fraction of sp³-hybridized carbons (Fsp3) is 0.312. The van der Waals surface area contributed by atoms with Crippen LogP contribution in [0.2, 0.25) is 5.02 Å². The molecule has 0 aliphatic carbocycles. The van der Waals surface area contributed by atoms with E-state index >= 15 is 0 Å². The maximum Gasteiger partial charge on any atom is 0.138 e. The van der Waals surface area contributed by atoms with Crippen LogP contribution in [0.25, 0.3) is 0 Å². The van der Waals surface area contributed by atoms with Gasteiger partial charge in [-0.25, -0.2) is 0 Å². The summed E-state index contributed by atoms with van der Waals surface area (Å²) in [4.78, 5) is 4.37. The zero-order valence-corrected chi connectivity index (χ0v) is 12.3. The van der Waals surface area contributed by atoms with Crippen molar-refractivity contribution in [1.82, 2.24) is 4.98 Å². The third-order valence-corrected chi connectivity index (χ3v) is 3.32. The van der Waals surface area contributed by atoms with Crippen LogP contribution in [-0.4, -0.2) is 11.0 Å². The van der Waals surface area contributed by atoms with Gasteiger partial charge in [0.1, 0.15) is 12.4 Å². The van der Waals surface area contributed by atoms with Crippen molar-refractivity contribution in [1.29, 1.82) is 0 Å². The average Bonchev–Trinajstić information content (AvgIpc) is 2.46. The third kappa shape index (κ3) is 4.51. The largest absolute Gasteiger partial charge is 0.487 e. The van der Waals surface area contributed by atoms with Crippen molar-refractivity contribution in [2.45, 2.75) is 32.4 Å². The molecule has 2 rings (SSSR count). The number of aromatic nitrogens is 1. The van der Waals surface area contributed by atoms with E-state index in [0.29, 0.717) is 11.6 Å². The lowest BCUT2D eigenvalue weighted by molar-refractivity contribution is 0.305. The van der Waals surface area contributed by atoms with Crippen molar-refractivity contribution in [2.75, 3.05) is 0 Å². The summed E-state index contributed by atoms with van der Waals surface area (Å²) in [6, 6.07) is 11.7. The number of nitrogens with zero attached hydrogens (tertiary/aromatic N) is 1. The van der Waals surface area contributed by atoms with Gasteiger partial charge in [0.25, 0.3) is 0 Å². The van der Waals surface area contributed by atoms with Gasteiger partial charge in [0.2, 0.25) is 0 Å². The molecule has 106 valence electrons. The minimum absolute atomic E-state index is 0.167. The molecule has 1 atom stereocenters. The van der Waals surface area contributed by atoms with E-state index in [9.17, 15) is 0 Å². The van der Waals surface area contributed by atoms with Gasteiger partial charge in [-0.1, -0.05) is 30.7 Å². The second kappa shape index (κ2) is 7.27. The summed E-state index contributed by atoms with van der Waals surface area (Å²) >= 11 is 5.93. The summed E-state index contributed by atoms with van der Waals surface area (Å²) < 4.78 is 5.68. The Morgan fingerprint density at radius 3 is 2.80 bits per heavy atom. The van der Waals surface area contributed by atoms with Crippen molar-refractivity contribution >= 4 is 11.6 Å². The molecule has 0 amide bonds. The van der Waals surface area contributed by atoms with Gasteiger partial charge in [-0.15, -0.1) is 0 Å². The number of hydrogen-bond acceptors (Lipinski definition) is 3. The van der Waals surface area contributed by atoms with Crippen LogP contribution in [0.3, 0.4) is 0 Å². The fourth-order valence-electron chi connectivity index (χ4n) is 1.82. The highest BCUT2D eigenvalue weighted by Gasteiger charge is 2.03. The highest BCUT2D eigenvalue weighted by atomic mass is 35.5. The van der Waals surface area contributed by atoms with E-state index < -0.39 is 0 Å². The highest BCUT2D eigenvalue weighted by Crippen LogP contribution is 2.15. The number of rotatable bonds is 6. The Balaban J connectivity index is 1.90. The molecule has 0 saturated carbocycles. The number of ether oxygens (including phenoxy) is 1. The van der Waals surface area contributed by atoms with Crippen LogP contribution in [0.15, 0.2) is 42.6 Å². The second-order valence-corrected chi connectivity index (χ2v) is 5.21. The van der Waals surface area contributed by atoms with Gasteiger partial charge in [-0.3, -0.25) is 4.98 Å². The molecular formula is C16H19ClN2O. The lowest BCUT2D eigenvalue weighted by Crippen LogP contribution is -2.21. The smallest absolute Gasteiger partial charge is 0.138 e. The van der Waals surface area contributed by atoms with Gasteiger partial charge < -0.3 is 10.5 Å². The van der Waals surface area contributed by atoms with Crippen LogP contribution in [0, 0.1) is 0 Å². The zero-order chi connectivity index (χ0) is 14.4. The standard InChI is InChI=1S/C16H19ClN2O/c1-2-14(18)9-15-6-7-16(10-19-15)20-11-12-4-3-5-13(17)8-12/h3-8,10,14H,2,9,11,18H2,1H3. The summed E-state index contributed by atoms with van der Waals surface area (Å²) in [5.41, 5.74) is 7.94. The van der Waals surface area contributed by atoms with Gasteiger partial charge in [0.05, 0.1) is 6.20 Å². The monoisotopic (exact) mass is 290 g/mol. The molecule has 0 spiro atoms. The first-order valence-electron chi connectivity index (χ1n) is 6.75. The van der Waals surface area contributed by atoms with Crippen LogP contribution in [0.4, 0.5) is 0 Å². The number of pyridine rings is 1. The highest BCUT2D eigenvalue weighted by molar-refractivity contribution is 6.30. The number of nitrogens with two attached hydrogens (primary N) is 1. The van der Waals surface area contributed by atoms with Crippen molar-refractivity contribution in [3.05, 3.63) is 58.9 Å². The molecule has 4 heteroatoms. The number of halogens is 1. The SMILES string of the molecule is CCC(N)Cc1ccc(OCc2cccc(Cl)c2)cn1. The third-order valence-electron chi connectivity index (χ3n) is 3.09. The molecular weight excluding hydrogens is 272 g/mol. The molecule has 0 radical (unpaired) electrons. The van der Waals surface area contributed by atoms with E-state index in [2.05, 4.69) is 11.9 Å². The normalized spacial score (nSPS) is 12.2. The molecule has 20 heavy (non-hydrogen) atoms. The predicted octanol–water partition coefficient (Wildman–Crippen LogP) is 3.59. The van der Waals surface area contributed by atoms with E-state index in [-0.39, 0.29) is 6.04 Å². The first-order valence-corrected chi connectivity index (χ1v) is 7.13. The molecule has 0 fully saturated rings. The molecule has 1 heterocycles. The number of hydrogen-bond donors (Lipinski definition) is 1. The van der Waals surface area contributed by atoms with Gasteiger partial charge in [0, 0.05) is 23.2 Å². The topological polar surface area (TPSA) is 48.1 Å². The van der Waals surface area contributed by atoms with Gasteiger partial charge in [-0.05, 0) is 36.2 Å². The molecule has 3 nitrogen and oxygen atoms in total. The minimum Gasteiger partial charge on any atom is -0.487 e. The lowest BCUT2D eigenvalue weighted by Gasteiger charge is -2.09. The van der Waals surface area contributed by atoms with Crippen LogP contribution in [-0.2, 0) is 13.0 Å². The second-order valence-electron chi connectivity index (χ2n) is 4.78. The molecule has 1 unspecified atom stereocenters. The van der Waals surface area contributed by atoms with E-state index in [1.165, 1.54) is 0 Å². The summed E-state index contributed by atoms with van der Waals surface area (Å²) in [5.74, 6) is 0.749. The molecule has 0 saturated heterocycles. The Labute approximate surface area is 124 Å². The molecule has 2 aromatic rings. The Bertz CT molecular complexity index is 542. The van der Waals surface area contributed by atoms with Gasteiger partial charge >= 0.3 is 0 Å². The van der Waals surface area contributed by atoms with Crippen LogP contribution in [0.1, 0.15) is 24.6 Å². The maximum absolute atomic E-state index is 5.93. The van der Waals surface area contributed by atoms with Crippen LogP contribution in [0.5, 0.6) is 5.75 Å². The van der Waals surface area contributed by atoms with Crippen LogP contribution >= 0.6 is 11.6 Å². The van der Waals surface area contributed by atoms with E-state index in [1.54, 1.807) is 6.20 Å².